The fourth-order valence-corrected chi connectivity index (χ4v) is 1.37. The zero-order chi connectivity index (χ0) is 14.7. The number of rotatable bonds is 10. The van der Waals surface area contributed by atoms with Gasteiger partial charge in [-0.3, -0.25) is 9.59 Å². The quantitative estimate of drug-likeness (QED) is 0.440. The molecule has 0 aliphatic rings. The monoisotopic (exact) mass is 275 g/mol. The zero-order valence-electron chi connectivity index (χ0n) is 11.3. The van der Waals surface area contributed by atoms with Crippen molar-refractivity contribution in [3.63, 3.8) is 0 Å². The van der Waals surface area contributed by atoms with Crippen molar-refractivity contribution >= 4 is 17.8 Å². The number of aliphatic carboxylic acids is 1. The Hall–Kier alpha value is -1.63. The number of amides is 1. The third-order valence-corrected chi connectivity index (χ3v) is 2.39. The number of ether oxygens (including phenoxy) is 2. The number of hydrogen-bond acceptors (Lipinski definition) is 5. The summed E-state index contributed by atoms with van der Waals surface area (Å²) in [6, 6.07) is -1.07. The fraction of sp³-hybridized carbons (Fsp3) is 0.750. The average Bonchev–Trinajstić information content (AvgIpc) is 2.38. The van der Waals surface area contributed by atoms with Gasteiger partial charge in [-0.2, -0.15) is 0 Å². The number of carbonyl (C=O) groups is 3. The van der Waals surface area contributed by atoms with Gasteiger partial charge in [0.1, 0.15) is 6.04 Å². The van der Waals surface area contributed by atoms with Gasteiger partial charge in [0, 0.05) is 26.1 Å². The molecule has 7 nitrogen and oxygen atoms in total. The van der Waals surface area contributed by atoms with Crippen LogP contribution in [0.5, 0.6) is 0 Å². The Morgan fingerprint density at radius 3 is 2.47 bits per heavy atom. The van der Waals surface area contributed by atoms with Gasteiger partial charge in [0.15, 0.2) is 0 Å². The average molecular weight is 275 g/mol. The summed E-state index contributed by atoms with van der Waals surface area (Å²) in [5.41, 5.74) is 0. The van der Waals surface area contributed by atoms with Gasteiger partial charge in [-0.1, -0.05) is 0 Å². The molecule has 110 valence electrons. The van der Waals surface area contributed by atoms with Gasteiger partial charge in [0.25, 0.3) is 0 Å². The van der Waals surface area contributed by atoms with Crippen LogP contribution in [0.3, 0.4) is 0 Å². The molecule has 0 spiro atoms. The predicted octanol–water partition coefficient (Wildman–Crippen LogP) is 0.326. The van der Waals surface area contributed by atoms with Crippen molar-refractivity contribution in [1.82, 2.24) is 5.32 Å². The number of methoxy groups -OCH3 is 1. The second kappa shape index (κ2) is 10.3. The molecule has 0 aromatic rings. The first-order chi connectivity index (χ1) is 9.01. The Labute approximate surface area is 112 Å². The topological polar surface area (TPSA) is 102 Å². The van der Waals surface area contributed by atoms with E-state index in [-0.39, 0.29) is 25.2 Å². The van der Waals surface area contributed by atoms with Crippen LogP contribution in [0.4, 0.5) is 0 Å². The van der Waals surface area contributed by atoms with E-state index in [1.54, 1.807) is 0 Å². The van der Waals surface area contributed by atoms with Crippen LogP contribution in [0, 0.1) is 0 Å². The summed E-state index contributed by atoms with van der Waals surface area (Å²) in [7, 11) is 1.23. The van der Waals surface area contributed by atoms with Crippen molar-refractivity contribution in [3.8, 4) is 0 Å². The number of carbonyl (C=O) groups excluding carboxylic acids is 2. The highest BCUT2D eigenvalue weighted by atomic mass is 16.5. The molecular weight excluding hydrogens is 254 g/mol. The lowest BCUT2D eigenvalue weighted by atomic mass is 10.1. The first-order valence-electron chi connectivity index (χ1n) is 6.18. The Kier molecular flexibility index (Phi) is 9.42. The highest BCUT2D eigenvalue weighted by molar-refractivity contribution is 5.83. The largest absolute Gasteiger partial charge is 0.480 e. The van der Waals surface area contributed by atoms with Crippen LogP contribution in [0.25, 0.3) is 0 Å². The van der Waals surface area contributed by atoms with Gasteiger partial charge in [-0.25, -0.2) is 4.79 Å². The summed E-state index contributed by atoms with van der Waals surface area (Å²) < 4.78 is 9.49. The fourth-order valence-electron chi connectivity index (χ4n) is 1.37. The molecule has 0 bridgehead atoms. The zero-order valence-corrected chi connectivity index (χ0v) is 11.3. The number of nitrogens with one attached hydrogen (secondary N) is 1. The molecule has 19 heavy (non-hydrogen) atoms. The van der Waals surface area contributed by atoms with E-state index < -0.39 is 18.0 Å². The second-order valence-corrected chi connectivity index (χ2v) is 3.87. The number of hydrogen-bond donors (Lipinski definition) is 2. The molecule has 0 saturated heterocycles. The molecule has 0 fully saturated rings. The SMILES string of the molecule is CCOCCCC(=O)N[C@@H](CCC(=O)OC)C(=O)O. The summed E-state index contributed by atoms with van der Waals surface area (Å²) >= 11 is 0. The molecule has 0 unspecified atom stereocenters. The van der Waals surface area contributed by atoms with Crippen molar-refractivity contribution in [2.75, 3.05) is 20.3 Å². The van der Waals surface area contributed by atoms with Gasteiger partial charge in [0.05, 0.1) is 7.11 Å². The maximum atomic E-state index is 11.5. The summed E-state index contributed by atoms with van der Waals surface area (Å²) in [5, 5.41) is 11.3. The van der Waals surface area contributed by atoms with Crippen LogP contribution in [0.2, 0.25) is 0 Å². The maximum Gasteiger partial charge on any atom is 0.326 e. The highest BCUT2D eigenvalue weighted by Gasteiger charge is 2.20. The highest BCUT2D eigenvalue weighted by Crippen LogP contribution is 2.01. The van der Waals surface area contributed by atoms with Crippen LogP contribution < -0.4 is 5.32 Å². The van der Waals surface area contributed by atoms with E-state index in [2.05, 4.69) is 10.1 Å². The van der Waals surface area contributed by atoms with E-state index in [4.69, 9.17) is 9.84 Å². The standard InChI is InChI=1S/C12H21NO6/c1-3-19-8-4-5-10(14)13-9(12(16)17)6-7-11(15)18-2/h9H,3-8H2,1-2H3,(H,13,14)(H,16,17)/t9-/m0/s1. The molecular formula is C12H21NO6. The molecule has 0 saturated carbocycles. The number of carboxylic acids is 1. The van der Waals surface area contributed by atoms with Gasteiger partial charge in [0.2, 0.25) is 5.91 Å². The Balaban J connectivity index is 4.01. The molecule has 0 aliphatic carbocycles. The van der Waals surface area contributed by atoms with Crippen molar-refractivity contribution in [1.29, 1.82) is 0 Å². The molecule has 0 rings (SSSR count). The molecule has 0 heterocycles. The van der Waals surface area contributed by atoms with Crippen LogP contribution in [-0.2, 0) is 23.9 Å². The van der Waals surface area contributed by atoms with E-state index >= 15 is 0 Å². The second-order valence-electron chi connectivity index (χ2n) is 3.87. The minimum atomic E-state index is -1.16. The summed E-state index contributed by atoms with van der Waals surface area (Å²) in [6.07, 6.45) is 0.691. The lowest BCUT2D eigenvalue weighted by molar-refractivity contribution is -0.144. The Bertz CT molecular complexity index is 305. The van der Waals surface area contributed by atoms with Gasteiger partial charge < -0.3 is 19.9 Å². The van der Waals surface area contributed by atoms with E-state index in [0.717, 1.165) is 0 Å². The smallest absolute Gasteiger partial charge is 0.326 e. The molecule has 2 N–H and O–H groups in total. The van der Waals surface area contributed by atoms with Crippen molar-refractivity contribution in [3.05, 3.63) is 0 Å². The third kappa shape index (κ3) is 9.01. The van der Waals surface area contributed by atoms with Gasteiger partial charge in [-0.05, 0) is 19.8 Å². The van der Waals surface area contributed by atoms with Crippen LogP contribution in [-0.4, -0.2) is 49.3 Å². The molecule has 0 aliphatic heterocycles. The minimum absolute atomic E-state index is 0.0131. The summed E-state index contributed by atoms with van der Waals surface area (Å²) in [5.74, 6) is -2.03. The van der Waals surface area contributed by atoms with Crippen molar-refractivity contribution in [2.45, 2.75) is 38.6 Å². The van der Waals surface area contributed by atoms with Crippen molar-refractivity contribution < 1.29 is 29.0 Å². The number of carboxylic acid groups (broad SMARTS) is 1. The van der Waals surface area contributed by atoms with Gasteiger partial charge in [-0.15, -0.1) is 0 Å². The van der Waals surface area contributed by atoms with E-state index in [1.807, 2.05) is 6.92 Å². The Morgan fingerprint density at radius 2 is 1.95 bits per heavy atom. The lowest BCUT2D eigenvalue weighted by Gasteiger charge is -2.13. The predicted molar refractivity (Wildman–Crippen MR) is 66.5 cm³/mol. The minimum Gasteiger partial charge on any atom is -0.480 e. The van der Waals surface area contributed by atoms with Gasteiger partial charge >= 0.3 is 11.9 Å². The van der Waals surface area contributed by atoms with E-state index in [9.17, 15) is 14.4 Å². The molecule has 1 amide bonds. The molecule has 7 heteroatoms. The number of esters is 1. The van der Waals surface area contributed by atoms with Crippen LogP contribution in [0.15, 0.2) is 0 Å². The normalized spacial score (nSPS) is 11.7. The van der Waals surface area contributed by atoms with Crippen LogP contribution in [0.1, 0.15) is 32.6 Å². The molecule has 0 aromatic heterocycles. The Morgan fingerprint density at radius 1 is 1.26 bits per heavy atom. The van der Waals surface area contributed by atoms with Crippen LogP contribution >= 0.6 is 0 Å². The molecule has 1 atom stereocenters. The summed E-state index contributed by atoms with van der Waals surface area (Å²) in [4.78, 5) is 33.3. The summed E-state index contributed by atoms with van der Waals surface area (Å²) in [6.45, 7) is 2.90. The maximum absolute atomic E-state index is 11.5. The molecule has 0 aromatic carbocycles. The first kappa shape index (κ1) is 17.4. The van der Waals surface area contributed by atoms with Crippen molar-refractivity contribution in [2.24, 2.45) is 0 Å². The molecule has 0 radical (unpaired) electrons. The first-order valence-corrected chi connectivity index (χ1v) is 6.18. The van der Waals surface area contributed by atoms with E-state index in [0.29, 0.717) is 19.6 Å². The lowest BCUT2D eigenvalue weighted by Crippen LogP contribution is -2.41. The third-order valence-electron chi connectivity index (χ3n) is 2.39. The van der Waals surface area contributed by atoms with E-state index in [1.165, 1.54) is 7.11 Å².